The van der Waals surface area contributed by atoms with Gasteiger partial charge in [-0.25, -0.2) is 14.8 Å². The van der Waals surface area contributed by atoms with E-state index in [4.69, 9.17) is 4.74 Å². The van der Waals surface area contributed by atoms with Crippen LogP contribution in [0.2, 0.25) is 0 Å². The number of carbonyl (C=O) groups excluding carboxylic acids is 3. The number of hydrogen-bond donors (Lipinski definition) is 1. The van der Waals surface area contributed by atoms with Gasteiger partial charge in [-0.15, -0.1) is 0 Å². The van der Waals surface area contributed by atoms with Gasteiger partial charge < -0.3 is 19.9 Å². The number of nitrogens with zero attached hydrogens (tertiary/aromatic N) is 5. The monoisotopic (exact) mass is 570 g/mol. The number of nitrogens with one attached hydrogen (secondary N) is 1. The molecule has 3 amide bonds. The second-order valence-electron chi connectivity index (χ2n) is 11.9. The van der Waals surface area contributed by atoms with Gasteiger partial charge in [0.15, 0.2) is 5.82 Å². The van der Waals surface area contributed by atoms with Crippen molar-refractivity contribution in [3.63, 3.8) is 0 Å². The molecule has 0 bridgehead atoms. The minimum atomic E-state index is -0.532. The van der Waals surface area contributed by atoms with Crippen LogP contribution in [0.3, 0.4) is 0 Å². The van der Waals surface area contributed by atoms with Gasteiger partial charge in [-0.3, -0.25) is 14.6 Å². The summed E-state index contributed by atoms with van der Waals surface area (Å²) in [4.78, 5) is 55.3. The number of pyridine rings is 1. The standard InChI is InChI=1S/C32H38N6O4/c1-32(2,3)42-31(41)37-16-13-27(14-17-37)38(26-11-12-26)30(40)24-19-35-29(36-20-24)23-9-7-22(8-10-23)18-28(39)34-21-25-6-4-5-15-33-25/h4-10,15,19-20,26-27H,11-14,16-18,21H2,1-3H3,(H,34,39). The topological polar surface area (TPSA) is 118 Å². The average molecular weight is 571 g/mol. The molecule has 2 aromatic heterocycles. The average Bonchev–Trinajstić information content (AvgIpc) is 3.82. The Morgan fingerprint density at radius 2 is 1.60 bits per heavy atom. The van der Waals surface area contributed by atoms with Crippen molar-refractivity contribution in [2.75, 3.05) is 13.1 Å². The van der Waals surface area contributed by atoms with Gasteiger partial charge >= 0.3 is 6.09 Å². The molecule has 42 heavy (non-hydrogen) atoms. The Bertz CT molecular complexity index is 1380. The molecule has 2 aliphatic rings. The van der Waals surface area contributed by atoms with Crippen LogP contribution < -0.4 is 5.32 Å². The van der Waals surface area contributed by atoms with Gasteiger partial charge in [0, 0.05) is 49.3 Å². The number of amides is 3. The Morgan fingerprint density at radius 3 is 2.19 bits per heavy atom. The highest BCUT2D eigenvalue weighted by Gasteiger charge is 2.40. The summed E-state index contributed by atoms with van der Waals surface area (Å²) in [5.41, 5.74) is 2.42. The van der Waals surface area contributed by atoms with Gasteiger partial charge in [0.25, 0.3) is 5.91 Å². The van der Waals surface area contributed by atoms with E-state index >= 15 is 0 Å². The molecule has 3 aromatic rings. The normalized spacial score (nSPS) is 15.6. The van der Waals surface area contributed by atoms with E-state index in [0.29, 0.717) is 43.9 Å². The summed E-state index contributed by atoms with van der Waals surface area (Å²) < 4.78 is 5.52. The molecule has 10 heteroatoms. The first-order valence-corrected chi connectivity index (χ1v) is 14.5. The van der Waals surface area contributed by atoms with Crippen LogP contribution in [0.5, 0.6) is 0 Å². The minimum absolute atomic E-state index is 0.0631. The molecule has 1 aromatic carbocycles. The van der Waals surface area contributed by atoms with Gasteiger partial charge in [-0.05, 0) is 64.2 Å². The number of rotatable bonds is 8. The molecule has 1 saturated carbocycles. The molecular weight excluding hydrogens is 532 g/mol. The fourth-order valence-corrected chi connectivity index (χ4v) is 5.08. The van der Waals surface area contributed by atoms with Gasteiger partial charge in [0.1, 0.15) is 5.60 Å². The first-order chi connectivity index (χ1) is 20.2. The summed E-state index contributed by atoms with van der Waals surface area (Å²) in [5, 5.41) is 2.89. The van der Waals surface area contributed by atoms with E-state index in [1.54, 1.807) is 23.5 Å². The summed E-state index contributed by atoms with van der Waals surface area (Å²) in [6, 6.07) is 13.4. The number of aromatic nitrogens is 3. The molecule has 0 radical (unpaired) electrons. The lowest BCUT2D eigenvalue weighted by atomic mass is 10.0. The Kier molecular flexibility index (Phi) is 8.80. The van der Waals surface area contributed by atoms with Crippen molar-refractivity contribution in [2.24, 2.45) is 0 Å². The molecule has 1 aliphatic carbocycles. The number of hydrogen-bond acceptors (Lipinski definition) is 7. The highest BCUT2D eigenvalue weighted by molar-refractivity contribution is 5.94. The molecule has 0 spiro atoms. The van der Waals surface area contributed by atoms with Crippen LogP contribution in [0.25, 0.3) is 11.4 Å². The largest absolute Gasteiger partial charge is 0.444 e. The van der Waals surface area contributed by atoms with Crippen LogP contribution >= 0.6 is 0 Å². The third kappa shape index (κ3) is 7.69. The third-order valence-corrected chi connectivity index (χ3v) is 7.35. The van der Waals surface area contributed by atoms with E-state index in [9.17, 15) is 14.4 Å². The lowest BCUT2D eigenvalue weighted by Gasteiger charge is -2.39. The lowest BCUT2D eigenvalue weighted by Crippen LogP contribution is -2.50. The number of piperidine rings is 1. The van der Waals surface area contributed by atoms with Crippen LogP contribution in [-0.2, 0) is 22.5 Å². The third-order valence-electron chi connectivity index (χ3n) is 7.35. The van der Waals surface area contributed by atoms with Crippen molar-refractivity contribution in [1.82, 2.24) is 30.1 Å². The molecule has 0 atom stereocenters. The summed E-state index contributed by atoms with van der Waals surface area (Å²) in [7, 11) is 0. The Hall–Kier alpha value is -4.34. The molecular formula is C32H38N6O4. The fourth-order valence-electron chi connectivity index (χ4n) is 5.08. The molecule has 1 aliphatic heterocycles. The number of ether oxygens (including phenoxy) is 1. The fraction of sp³-hybridized carbons (Fsp3) is 0.438. The van der Waals surface area contributed by atoms with E-state index in [1.807, 2.05) is 68.1 Å². The summed E-state index contributed by atoms with van der Waals surface area (Å²) in [6.07, 6.45) is 8.26. The van der Waals surface area contributed by atoms with E-state index in [-0.39, 0.29) is 36.4 Å². The van der Waals surface area contributed by atoms with Crippen molar-refractivity contribution in [3.05, 3.63) is 77.9 Å². The molecule has 3 heterocycles. The summed E-state index contributed by atoms with van der Waals surface area (Å²) in [5.74, 6) is 0.372. The highest BCUT2D eigenvalue weighted by Crippen LogP contribution is 2.33. The number of likely N-dealkylation sites (tertiary alicyclic amines) is 1. The van der Waals surface area contributed by atoms with Crippen molar-refractivity contribution in [1.29, 1.82) is 0 Å². The van der Waals surface area contributed by atoms with Crippen molar-refractivity contribution in [3.8, 4) is 11.4 Å². The zero-order valence-corrected chi connectivity index (χ0v) is 24.5. The number of carbonyl (C=O) groups is 3. The Morgan fingerprint density at radius 1 is 0.929 bits per heavy atom. The first-order valence-electron chi connectivity index (χ1n) is 14.5. The SMILES string of the molecule is CC(C)(C)OC(=O)N1CCC(N(C(=O)c2cnc(-c3ccc(CC(=O)NCc4ccccn4)cc3)nc2)C2CC2)CC1. The van der Waals surface area contributed by atoms with Gasteiger partial charge in [-0.1, -0.05) is 30.3 Å². The highest BCUT2D eigenvalue weighted by atomic mass is 16.6. The Balaban J connectivity index is 1.16. The van der Waals surface area contributed by atoms with Crippen molar-refractivity contribution >= 4 is 17.9 Å². The van der Waals surface area contributed by atoms with Crippen LogP contribution in [-0.4, -0.2) is 73.4 Å². The molecule has 220 valence electrons. The van der Waals surface area contributed by atoms with E-state index in [1.165, 1.54) is 0 Å². The van der Waals surface area contributed by atoms with Crippen LogP contribution in [0.15, 0.2) is 61.1 Å². The molecule has 2 fully saturated rings. The molecule has 0 unspecified atom stereocenters. The van der Waals surface area contributed by atoms with Gasteiger partial charge in [-0.2, -0.15) is 0 Å². The second-order valence-corrected chi connectivity index (χ2v) is 11.9. The molecule has 5 rings (SSSR count). The second kappa shape index (κ2) is 12.7. The molecule has 1 saturated heterocycles. The summed E-state index contributed by atoms with van der Waals surface area (Å²) >= 11 is 0. The zero-order chi connectivity index (χ0) is 29.7. The predicted octanol–water partition coefficient (Wildman–Crippen LogP) is 4.40. The van der Waals surface area contributed by atoms with E-state index in [2.05, 4.69) is 20.3 Å². The van der Waals surface area contributed by atoms with Crippen LogP contribution in [0.4, 0.5) is 4.79 Å². The van der Waals surface area contributed by atoms with Crippen molar-refractivity contribution in [2.45, 2.75) is 77.1 Å². The maximum absolute atomic E-state index is 13.6. The van der Waals surface area contributed by atoms with Gasteiger partial charge in [0.05, 0.1) is 24.2 Å². The van der Waals surface area contributed by atoms with E-state index < -0.39 is 5.60 Å². The van der Waals surface area contributed by atoms with E-state index in [0.717, 1.165) is 29.7 Å². The quantitative estimate of drug-likeness (QED) is 0.427. The summed E-state index contributed by atoms with van der Waals surface area (Å²) in [6.45, 7) is 7.10. The maximum Gasteiger partial charge on any atom is 0.410 e. The first kappa shape index (κ1) is 29.2. The molecule has 10 nitrogen and oxygen atoms in total. The molecule has 1 N–H and O–H groups in total. The minimum Gasteiger partial charge on any atom is -0.444 e. The maximum atomic E-state index is 13.6. The smallest absolute Gasteiger partial charge is 0.410 e. The van der Waals surface area contributed by atoms with Crippen LogP contribution in [0, 0.1) is 0 Å². The lowest BCUT2D eigenvalue weighted by molar-refractivity contribution is -0.120. The Labute approximate surface area is 246 Å². The number of benzene rings is 1. The van der Waals surface area contributed by atoms with Crippen molar-refractivity contribution < 1.29 is 19.1 Å². The predicted molar refractivity (Wildman–Crippen MR) is 157 cm³/mol. The van der Waals surface area contributed by atoms with Crippen LogP contribution in [0.1, 0.15) is 68.1 Å². The van der Waals surface area contributed by atoms with Gasteiger partial charge in [0.2, 0.25) is 5.91 Å². The zero-order valence-electron chi connectivity index (χ0n) is 24.5.